The lowest BCUT2D eigenvalue weighted by Gasteiger charge is -2.32. The van der Waals surface area contributed by atoms with Gasteiger partial charge in [-0.3, -0.25) is 0 Å². The molecule has 3 aliphatic rings. The lowest BCUT2D eigenvalue weighted by atomic mass is 9.94. The zero-order valence-electron chi connectivity index (χ0n) is 15.3. The largest absolute Gasteiger partial charge is 0.454 e. The third-order valence-corrected chi connectivity index (χ3v) is 6.01. The van der Waals surface area contributed by atoms with Crippen molar-refractivity contribution in [3.05, 3.63) is 35.9 Å². The third-order valence-electron chi connectivity index (χ3n) is 5.64. The Morgan fingerprint density at radius 1 is 1.12 bits per heavy atom. The molecule has 26 heavy (non-hydrogen) atoms. The van der Waals surface area contributed by atoms with E-state index < -0.39 is 0 Å². The molecule has 1 aromatic rings. The van der Waals surface area contributed by atoms with E-state index in [1.54, 1.807) is 0 Å². The molecule has 2 aliphatic carbocycles. The van der Waals surface area contributed by atoms with Crippen LogP contribution in [0.2, 0.25) is 0 Å². The van der Waals surface area contributed by atoms with Crippen molar-refractivity contribution in [2.45, 2.75) is 57.5 Å². The van der Waals surface area contributed by atoms with Gasteiger partial charge < -0.3 is 19.7 Å². The van der Waals surface area contributed by atoms with Crippen LogP contribution in [-0.2, 0) is 6.54 Å². The van der Waals surface area contributed by atoms with Gasteiger partial charge in [-0.15, -0.1) is 0 Å². The lowest BCUT2D eigenvalue weighted by Crippen LogP contribution is -2.45. The molecule has 0 aromatic heterocycles. The maximum Gasteiger partial charge on any atom is 0.231 e. The monoisotopic (exact) mass is 372 g/mol. The molecule has 0 saturated heterocycles. The number of ether oxygens (including phenoxy) is 2. The van der Waals surface area contributed by atoms with Crippen molar-refractivity contribution >= 4 is 17.3 Å². The summed E-state index contributed by atoms with van der Waals surface area (Å²) in [5.41, 5.74) is 1.22. The Morgan fingerprint density at radius 2 is 1.96 bits per heavy atom. The second-order valence-corrected chi connectivity index (χ2v) is 8.04. The number of fused-ring (bicyclic) bond motifs is 1. The van der Waals surface area contributed by atoms with Crippen LogP contribution in [0.15, 0.2) is 30.4 Å². The van der Waals surface area contributed by atoms with Gasteiger partial charge in [0.15, 0.2) is 16.6 Å². The van der Waals surface area contributed by atoms with Gasteiger partial charge in [-0.2, -0.15) is 0 Å². The fraction of sp³-hybridized carbons (Fsp3) is 0.571. The average Bonchev–Trinajstić information content (AvgIpc) is 3.33. The molecule has 0 bridgehead atoms. The van der Waals surface area contributed by atoms with Crippen molar-refractivity contribution in [2.75, 3.05) is 13.3 Å². The molecule has 0 spiro atoms. The van der Waals surface area contributed by atoms with Crippen LogP contribution < -0.4 is 14.8 Å². The summed E-state index contributed by atoms with van der Waals surface area (Å²) in [5.74, 6) is 2.36. The summed E-state index contributed by atoms with van der Waals surface area (Å²) in [6, 6.07) is 6.77. The van der Waals surface area contributed by atoms with Crippen molar-refractivity contribution in [1.82, 2.24) is 10.2 Å². The Morgan fingerprint density at radius 3 is 2.77 bits per heavy atom. The van der Waals surface area contributed by atoms with Crippen LogP contribution in [0, 0.1) is 5.92 Å². The molecule has 1 N–H and O–H groups in total. The summed E-state index contributed by atoms with van der Waals surface area (Å²) in [6.07, 6.45) is 13.3. The van der Waals surface area contributed by atoms with E-state index >= 15 is 0 Å². The fourth-order valence-corrected chi connectivity index (χ4v) is 4.45. The Bertz CT molecular complexity index is 670. The van der Waals surface area contributed by atoms with E-state index in [0.29, 0.717) is 18.8 Å². The minimum Gasteiger partial charge on any atom is -0.454 e. The molecule has 5 heteroatoms. The van der Waals surface area contributed by atoms with Crippen LogP contribution in [-0.4, -0.2) is 29.4 Å². The summed E-state index contributed by atoms with van der Waals surface area (Å²) >= 11 is 5.82. The second kappa shape index (κ2) is 8.30. The quantitative estimate of drug-likeness (QED) is 0.612. The Kier molecular flexibility index (Phi) is 5.63. The Labute approximate surface area is 161 Å². The van der Waals surface area contributed by atoms with Crippen molar-refractivity contribution in [1.29, 1.82) is 0 Å². The first-order valence-corrected chi connectivity index (χ1v) is 10.3. The van der Waals surface area contributed by atoms with Crippen LogP contribution in [0.4, 0.5) is 0 Å². The van der Waals surface area contributed by atoms with Crippen molar-refractivity contribution in [3.63, 3.8) is 0 Å². The van der Waals surface area contributed by atoms with Gasteiger partial charge in [0.1, 0.15) is 0 Å². The predicted octanol–water partition coefficient (Wildman–Crippen LogP) is 4.39. The van der Waals surface area contributed by atoms with Gasteiger partial charge >= 0.3 is 0 Å². The Balaban J connectivity index is 1.45. The number of rotatable bonds is 5. The lowest BCUT2D eigenvalue weighted by molar-refractivity contribution is 0.174. The van der Waals surface area contributed by atoms with Crippen LogP contribution in [0.25, 0.3) is 0 Å². The van der Waals surface area contributed by atoms with E-state index in [-0.39, 0.29) is 0 Å². The molecule has 1 fully saturated rings. The van der Waals surface area contributed by atoms with Gasteiger partial charge in [0.05, 0.1) is 0 Å². The maximum atomic E-state index is 5.82. The summed E-state index contributed by atoms with van der Waals surface area (Å²) < 4.78 is 11.0. The zero-order valence-corrected chi connectivity index (χ0v) is 16.1. The van der Waals surface area contributed by atoms with Crippen LogP contribution in [0.3, 0.4) is 0 Å². The van der Waals surface area contributed by atoms with E-state index in [4.69, 9.17) is 21.7 Å². The van der Waals surface area contributed by atoms with E-state index in [9.17, 15) is 0 Å². The first kappa shape index (κ1) is 17.7. The average molecular weight is 373 g/mol. The van der Waals surface area contributed by atoms with Gasteiger partial charge in [0.2, 0.25) is 6.79 Å². The van der Waals surface area contributed by atoms with Crippen molar-refractivity contribution in [2.24, 2.45) is 5.92 Å². The van der Waals surface area contributed by atoms with E-state index in [2.05, 4.69) is 34.5 Å². The number of nitrogens with zero attached hydrogens (tertiary/aromatic N) is 1. The number of nitrogens with one attached hydrogen (secondary N) is 1. The summed E-state index contributed by atoms with van der Waals surface area (Å²) in [4.78, 5) is 2.36. The van der Waals surface area contributed by atoms with Crippen LogP contribution >= 0.6 is 12.2 Å². The second-order valence-electron chi connectivity index (χ2n) is 7.65. The van der Waals surface area contributed by atoms with Crippen molar-refractivity contribution < 1.29 is 9.47 Å². The molecule has 1 heterocycles. The molecule has 1 aliphatic heterocycles. The molecule has 140 valence electrons. The van der Waals surface area contributed by atoms with Gasteiger partial charge in [0, 0.05) is 19.1 Å². The van der Waals surface area contributed by atoms with Crippen LogP contribution in [0.5, 0.6) is 11.5 Å². The molecular weight excluding hydrogens is 344 g/mol. The molecule has 4 nitrogen and oxygen atoms in total. The van der Waals surface area contributed by atoms with E-state index in [1.807, 2.05) is 6.07 Å². The fourth-order valence-electron chi connectivity index (χ4n) is 4.15. The number of hydrogen-bond acceptors (Lipinski definition) is 3. The molecule has 1 atom stereocenters. The summed E-state index contributed by atoms with van der Waals surface area (Å²) in [7, 11) is 0. The van der Waals surface area contributed by atoms with Crippen LogP contribution in [0.1, 0.15) is 50.5 Å². The van der Waals surface area contributed by atoms with E-state index in [1.165, 1.54) is 44.1 Å². The highest BCUT2D eigenvalue weighted by Crippen LogP contribution is 2.33. The summed E-state index contributed by atoms with van der Waals surface area (Å²) in [5, 5.41) is 4.53. The third kappa shape index (κ3) is 4.32. The Hall–Kier alpha value is -1.75. The molecule has 1 saturated carbocycles. The highest BCUT2D eigenvalue weighted by Gasteiger charge is 2.22. The normalized spacial score (nSPS) is 21.8. The highest BCUT2D eigenvalue weighted by molar-refractivity contribution is 7.80. The highest BCUT2D eigenvalue weighted by atomic mass is 32.1. The molecule has 0 radical (unpaired) electrons. The molecule has 0 unspecified atom stereocenters. The van der Waals surface area contributed by atoms with Gasteiger partial charge in [-0.05, 0) is 67.9 Å². The molecule has 1 aromatic carbocycles. The number of allylic oxidation sites excluding steroid dienone is 2. The minimum absolute atomic E-state index is 0.318. The van der Waals surface area contributed by atoms with Gasteiger partial charge in [-0.1, -0.05) is 31.1 Å². The number of hydrogen-bond donors (Lipinski definition) is 1. The van der Waals surface area contributed by atoms with E-state index in [0.717, 1.165) is 36.1 Å². The smallest absolute Gasteiger partial charge is 0.231 e. The van der Waals surface area contributed by atoms with Gasteiger partial charge in [-0.25, -0.2) is 0 Å². The predicted molar refractivity (Wildman–Crippen MR) is 107 cm³/mol. The number of thiocarbonyl (C=S) groups is 1. The maximum absolute atomic E-state index is 5.82. The minimum atomic E-state index is 0.318. The standard InChI is InChI=1S/C21H28N2O2S/c26-21(22-18-8-4-5-9-18)23(13-16-6-2-1-3-7-16)14-17-10-11-19-20(12-17)25-15-24-19/h1-2,10-12,16,18H,3-9,13-15H2,(H,22,26)/t16-/m0/s1. The SMILES string of the molecule is S=C(NC1CCCC1)N(Cc1ccc2c(c1)OCO2)C[C@H]1CC=CCC1. The first-order valence-electron chi connectivity index (χ1n) is 9.87. The number of benzene rings is 1. The van der Waals surface area contributed by atoms with Gasteiger partial charge in [0.25, 0.3) is 0 Å². The topological polar surface area (TPSA) is 33.7 Å². The van der Waals surface area contributed by atoms with Crippen molar-refractivity contribution in [3.8, 4) is 11.5 Å². The zero-order chi connectivity index (χ0) is 17.8. The summed E-state index contributed by atoms with van der Waals surface area (Å²) in [6.45, 7) is 2.14. The first-order chi connectivity index (χ1) is 12.8. The molecule has 0 amide bonds. The molecular formula is C21H28N2O2S. The molecule has 4 rings (SSSR count).